The van der Waals surface area contributed by atoms with Gasteiger partial charge in [0.1, 0.15) is 5.56 Å². The van der Waals surface area contributed by atoms with Crippen molar-refractivity contribution < 1.29 is 14.6 Å². The minimum absolute atomic E-state index is 0.0777. The lowest BCUT2D eigenvalue weighted by Gasteiger charge is -2.07. The average Bonchev–Trinajstić information content (AvgIpc) is 2.30. The SMILES string of the molecule is CCC(=O)c1c(N)c(N)cc([N+](=O)[O-])c1[N+](=O)[O-]. The number of carbonyl (C=O) groups excluding carboxylic acids is 1. The van der Waals surface area contributed by atoms with Gasteiger partial charge in [-0.05, 0) is 0 Å². The molecule has 9 nitrogen and oxygen atoms in total. The summed E-state index contributed by atoms with van der Waals surface area (Å²) in [4.78, 5) is 31.3. The molecule has 0 aromatic heterocycles. The van der Waals surface area contributed by atoms with Crippen molar-refractivity contribution in [3.63, 3.8) is 0 Å². The van der Waals surface area contributed by atoms with E-state index in [4.69, 9.17) is 11.5 Å². The highest BCUT2D eigenvalue weighted by Crippen LogP contribution is 2.38. The molecule has 96 valence electrons. The molecule has 0 bridgehead atoms. The highest BCUT2D eigenvalue weighted by Gasteiger charge is 2.34. The summed E-state index contributed by atoms with van der Waals surface area (Å²) in [5.74, 6) is -0.672. The molecule has 4 N–H and O–H groups in total. The van der Waals surface area contributed by atoms with Gasteiger partial charge in [-0.3, -0.25) is 25.0 Å². The number of nitrogen functional groups attached to an aromatic ring is 2. The minimum atomic E-state index is -1.00. The Morgan fingerprint density at radius 2 is 1.83 bits per heavy atom. The number of hydrogen-bond donors (Lipinski definition) is 2. The van der Waals surface area contributed by atoms with Crippen LogP contribution in [-0.2, 0) is 0 Å². The molecule has 1 aromatic rings. The van der Waals surface area contributed by atoms with E-state index in [1.807, 2.05) is 0 Å². The monoisotopic (exact) mass is 254 g/mol. The molecular weight excluding hydrogens is 244 g/mol. The van der Waals surface area contributed by atoms with Crippen molar-refractivity contribution in [3.05, 3.63) is 31.9 Å². The zero-order chi connectivity index (χ0) is 14.0. The number of anilines is 2. The molecule has 0 amide bonds. The number of nitrogens with zero attached hydrogens (tertiary/aromatic N) is 2. The molecule has 0 aliphatic rings. The van der Waals surface area contributed by atoms with Gasteiger partial charge in [0.15, 0.2) is 5.78 Å². The Balaban J connectivity index is 3.80. The summed E-state index contributed by atoms with van der Waals surface area (Å²) in [5, 5.41) is 21.6. The van der Waals surface area contributed by atoms with Crippen molar-refractivity contribution in [2.75, 3.05) is 11.5 Å². The minimum Gasteiger partial charge on any atom is -0.397 e. The molecule has 0 atom stereocenters. The van der Waals surface area contributed by atoms with E-state index in [1.54, 1.807) is 0 Å². The quantitative estimate of drug-likeness (QED) is 0.354. The number of hydrogen-bond acceptors (Lipinski definition) is 7. The topological polar surface area (TPSA) is 155 Å². The molecule has 18 heavy (non-hydrogen) atoms. The van der Waals surface area contributed by atoms with Gasteiger partial charge in [-0.25, -0.2) is 0 Å². The van der Waals surface area contributed by atoms with E-state index >= 15 is 0 Å². The Morgan fingerprint density at radius 3 is 2.22 bits per heavy atom. The Hall–Kier alpha value is -2.71. The summed E-state index contributed by atoms with van der Waals surface area (Å²) in [7, 11) is 0. The van der Waals surface area contributed by atoms with E-state index in [0.717, 1.165) is 6.07 Å². The third-order valence-corrected chi connectivity index (χ3v) is 2.33. The number of Topliss-reactive ketones (excluding diaryl/α,β-unsaturated/α-hetero) is 1. The Kier molecular flexibility index (Phi) is 3.45. The summed E-state index contributed by atoms with van der Waals surface area (Å²) in [6.45, 7) is 1.46. The van der Waals surface area contributed by atoms with Crippen molar-refractivity contribution in [1.29, 1.82) is 0 Å². The predicted molar refractivity (Wildman–Crippen MR) is 63.2 cm³/mol. The molecule has 0 fully saturated rings. The largest absolute Gasteiger partial charge is 0.397 e. The molecule has 0 unspecified atom stereocenters. The summed E-state index contributed by atoms with van der Waals surface area (Å²) < 4.78 is 0. The summed E-state index contributed by atoms with van der Waals surface area (Å²) in [6.07, 6.45) is -0.0777. The van der Waals surface area contributed by atoms with Crippen LogP contribution in [0.15, 0.2) is 6.07 Å². The lowest BCUT2D eigenvalue weighted by atomic mass is 10.0. The standard InChI is InChI=1S/C9H10N4O5/c1-2-6(14)7-8(11)4(10)3-5(12(15)16)9(7)13(17)18/h3H,2,10-11H2,1H3. The zero-order valence-electron chi connectivity index (χ0n) is 9.37. The Labute approximate surface area is 101 Å². The fraction of sp³-hybridized carbons (Fsp3) is 0.222. The number of carbonyl (C=O) groups is 1. The zero-order valence-corrected chi connectivity index (χ0v) is 9.37. The van der Waals surface area contributed by atoms with E-state index in [9.17, 15) is 25.0 Å². The predicted octanol–water partition coefficient (Wildman–Crippen LogP) is 1.26. The molecule has 0 aliphatic heterocycles. The van der Waals surface area contributed by atoms with Crippen LogP contribution in [0.5, 0.6) is 0 Å². The number of rotatable bonds is 4. The summed E-state index contributed by atoms with van der Waals surface area (Å²) in [6, 6.07) is 0.778. The maximum atomic E-state index is 11.6. The third-order valence-electron chi connectivity index (χ3n) is 2.33. The van der Waals surface area contributed by atoms with E-state index < -0.39 is 32.6 Å². The number of nitro groups is 2. The second-order valence-corrected chi connectivity index (χ2v) is 3.41. The van der Waals surface area contributed by atoms with Crippen LogP contribution >= 0.6 is 0 Å². The van der Waals surface area contributed by atoms with E-state index in [2.05, 4.69) is 0 Å². The fourth-order valence-electron chi connectivity index (χ4n) is 1.48. The second-order valence-electron chi connectivity index (χ2n) is 3.41. The highest BCUT2D eigenvalue weighted by atomic mass is 16.6. The van der Waals surface area contributed by atoms with E-state index in [-0.39, 0.29) is 17.8 Å². The number of nitrogens with two attached hydrogens (primary N) is 2. The maximum absolute atomic E-state index is 11.6. The lowest BCUT2D eigenvalue weighted by Crippen LogP contribution is -2.11. The van der Waals surface area contributed by atoms with Gasteiger partial charge in [0, 0.05) is 12.5 Å². The molecule has 1 aromatic carbocycles. The molecule has 1 rings (SSSR count). The smallest absolute Gasteiger partial charge is 0.359 e. The van der Waals surface area contributed by atoms with E-state index in [1.165, 1.54) is 6.92 Å². The van der Waals surface area contributed by atoms with Crippen molar-refractivity contribution >= 4 is 28.5 Å². The van der Waals surface area contributed by atoms with Crippen LogP contribution in [0.2, 0.25) is 0 Å². The molecule has 0 heterocycles. The number of benzene rings is 1. The first-order valence-corrected chi connectivity index (χ1v) is 4.85. The Bertz CT molecular complexity index is 554. The first-order valence-electron chi connectivity index (χ1n) is 4.85. The van der Waals surface area contributed by atoms with Gasteiger partial charge < -0.3 is 11.5 Å². The summed E-state index contributed by atoms with van der Waals surface area (Å²) >= 11 is 0. The van der Waals surface area contributed by atoms with Gasteiger partial charge in [-0.2, -0.15) is 0 Å². The van der Waals surface area contributed by atoms with Gasteiger partial charge in [-0.15, -0.1) is 0 Å². The number of nitro benzene ring substituents is 2. The van der Waals surface area contributed by atoms with Gasteiger partial charge in [-0.1, -0.05) is 6.92 Å². The van der Waals surface area contributed by atoms with E-state index in [0.29, 0.717) is 0 Å². The van der Waals surface area contributed by atoms with Crippen LogP contribution < -0.4 is 11.5 Å². The molecular formula is C9H10N4O5. The molecule has 0 radical (unpaired) electrons. The molecule has 0 saturated carbocycles. The van der Waals surface area contributed by atoms with Crippen LogP contribution in [0.1, 0.15) is 23.7 Å². The fourth-order valence-corrected chi connectivity index (χ4v) is 1.48. The van der Waals surface area contributed by atoms with Gasteiger partial charge in [0.05, 0.1) is 21.2 Å². The average molecular weight is 254 g/mol. The highest BCUT2D eigenvalue weighted by molar-refractivity contribution is 6.08. The molecule has 0 saturated heterocycles. The van der Waals surface area contributed by atoms with Crippen molar-refractivity contribution in [3.8, 4) is 0 Å². The Morgan fingerprint density at radius 1 is 1.28 bits per heavy atom. The second kappa shape index (κ2) is 4.65. The van der Waals surface area contributed by atoms with Crippen LogP contribution in [0.3, 0.4) is 0 Å². The van der Waals surface area contributed by atoms with Crippen LogP contribution in [-0.4, -0.2) is 15.6 Å². The van der Waals surface area contributed by atoms with Gasteiger partial charge in [0.25, 0.3) is 0 Å². The lowest BCUT2D eigenvalue weighted by molar-refractivity contribution is -0.422. The van der Waals surface area contributed by atoms with Gasteiger partial charge in [0.2, 0.25) is 0 Å². The normalized spacial score (nSPS) is 10.1. The summed E-state index contributed by atoms with van der Waals surface area (Å²) in [5.41, 5.74) is 8.10. The molecule has 9 heteroatoms. The van der Waals surface area contributed by atoms with Gasteiger partial charge >= 0.3 is 11.4 Å². The number of ketones is 1. The van der Waals surface area contributed by atoms with Crippen LogP contribution in [0, 0.1) is 20.2 Å². The maximum Gasteiger partial charge on any atom is 0.359 e. The molecule has 0 spiro atoms. The van der Waals surface area contributed by atoms with Crippen molar-refractivity contribution in [2.45, 2.75) is 13.3 Å². The van der Waals surface area contributed by atoms with Crippen molar-refractivity contribution in [1.82, 2.24) is 0 Å². The first-order chi connectivity index (χ1) is 8.31. The third kappa shape index (κ3) is 2.05. The van der Waals surface area contributed by atoms with Crippen LogP contribution in [0.4, 0.5) is 22.7 Å². The van der Waals surface area contributed by atoms with Crippen molar-refractivity contribution in [2.24, 2.45) is 0 Å². The van der Waals surface area contributed by atoms with Crippen LogP contribution in [0.25, 0.3) is 0 Å². The first kappa shape index (κ1) is 13.4. The molecule has 0 aliphatic carbocycles.